The molecule has 1 aliphatic rings. The van der Waals surface area contributed by atoms with Crippen LogP contribution in [0.25, 0.3) is 0 Å². The third-order valence-electron chi connectivity index (χ3n) is 1.64. The van der Waals surface area contributed by atoms with E-state index >= 15 is 0 Å². The summed E-state index contributed by atoms with van der Waals surface area (Å²) in [6.07, 6.45) is 2.44. The number of ether oxygens (including phenoxy) is 1. The molecule has 0 fully saturated rings. The topological polar surface area (TPSA) is 43.4 Å². The lowest BCUT2D eigenvalue weighted by atomic mass is 10.2. The summed E-state index contributed by atoms with van der Waals surface area (Å²) >= 11 is 0. The molecule has 0 heterocycles. The molecule has 0 unspecified atom stereocenters. The first-order chi connectivity index (χ1) is 5.59. The minimum absolute atomic E-state index is 0.0431. The number of hydrogen-bond acceptors (Lipinski definition) is 3. The highest BCUT2D eigenvalue weighted by molar-refractivity contribution is 5.93. The number of esters is 1. The van der Waals surface area contributed by atoms with E-state index < -0.39 is 0 Å². The molecule has 12 heavy (non-hydrogen) atoms. The van der Waals surface area contributed by atoms with Gasteiger partial charge in [-0.25, -0.2) is 0 Å². The van der Waals surface area contributed by atoms with Crippen LogP contribution in [0.4, 0.5) is 0 Å². The summed E-state index contributed by atoms with van der Waals surface area (Å²) in [4.78, 5) is 21.8. The van der Waals surface area contributed by atoms with E-state index in [2.05, 4.69) is 0 Å². The van der Waals surface area contributed by atoms with Gasteiger partial charge in [0.15, 0.2) is 5.78 Å². The Labute approximate surface area is 71.4 Å². The third kappa shape index (κ3) is 2.19. The van der Waals surface area contributed by atoms with Crippen molar-refractivity contribution in [3.05, 3.63) is 11.8 Å². The molecule has 3 nitrogen and oxygen atoms in total. The summed E-state index contributed by atoms with van der Waals surface area (Å²) in [7, 11) is 0. The van der Waals surface area contributed by atoms with E-state index in [1.807, 2.05) is 0 Å². The van der Waals surface area contributed by atoms with Crippen molar-refractivity contribution in [3.63, 3.8) is 0 Å². The molecule has 1 rings (SSSR count). The first-order valence-electron chi connectivity index (χ1n) is 4.04. The van der Waals surface area contributed by atoms with Crippen LogP contribution in [0.15, 0.2) is 11.8 Å². The number of carbonyl (C=O) groups is 2. The van der Waals surface area contributed by atoms with Crippen LogP contribution >= 0.6 is 0 Å². The zero-order valence-electron chi connectivity index (χ0n) is 7.29. The molecule has 0 atom stereocenters. The SMILES string of the molecule is CC(C)C(=O)OC1=CC(=O)CC1. The molecule has 0 saturated heterocycles. The average molecular weight is 168 g/mol. The van der Waals surface area contributed by atoms with E-state index in [0.29, 0.717) is 18.6 Å². The van der Waals surface area contributed by atoms with Gasteiger partial charge in [-0.15, -0.1) is 0 Å². The zero-order chi connectivity index (χ0) is 9.14. The van der Waals surface area contributed by atoms with Gasteiger partial charge < -0.3 is 4.74 Å². The van der Waals surface area contributed by atoms with Gasteiger partial charge in [-0.2, -0.15) is 0 Å². The van der Waals surface area contributed by atoms with Crippen molar-refractivity contribution in [1.29, 1.82) is 0 Å². The van der Waals surface area contributed by atoms with E-state index in [-0.39, 0.29) is 17.7 Å². The number of carbonyl (C=O) groups excluding carboxylic acids is 2. The van der Waals surface area contributed by atoms with E-state index in [0.717, 1.165) is 0 Å². The lowest BCUT2D eigenvalue weighted by Crippen LogP contribution is -2.10. The molecule has 0 aromatic rings. The lowest BCUT2D eigenvalue weighted by molar-refractivity contribution is -0.143. The number of rotatable bonds is 2. The van der Waals surface area contributed by atoms with Crippen LogP contribution < -0.4 is 0 Å². The van der Waals surface area contributed by atoms with Crippen molar-refractivity contribution in [2.24, 2.45) is 5.92 Å². The molecule has 0 spiro atoms. The molecule has 0 amide bonds. The van der Waals surface area contributed by atoms with E-state index in [1.54, 1.807) is 13.8 Å². The van der Waals surface area contributed by atoms with Crippen LogP contribution in [-0.4, -0.2) is 11.8 Å². The van der Waals surface area contributed by atoms with Crippen LogP contribution in [0.1, 0.15) is 26.7 Å². The maximum Gasteiger partial charge on any atom is 0.313 e. The van der Waals surface area contributed by atoms with Gasteiger partial charge in [-0.1, -0.05) is 13.8 Å². The molecule has 3 heteroatoms. The van der Waals surface area contributed by atoms with E-state index in [1.165, 1.54) is 6.08 Å². The summed E-state index contributed by atoms with van der Waals surface area (Å²) < 4.78 is 4.94. The summed E-state index contributed by atoms with van der Waals surface area (Å²) in [6.45, 7) is 3.53. The minimum atomic E-state index is -0.268. The standard InChI is InChI=1S/C9H12O3/c1-6(2)9(11)12-8-4-3-7(10)5-8/h5-6H,3-4H2,1-2H3. The quantitative estimate of drug-likeness (QED) is 0.586. The summed E-state index contributed by atoms with van der Waals surface area (Å²) in [5, 5.41) is 0. The monoisotopic (exact) mass is 168 g/mol. The second-order valence-electron chi connectivity index (χ2n) is 3.15. The molecule has 0 aromatic carbocycles. The van der Waals surface area contributed by atoms with Gasteiger partial charge in [0.1, 0.15) is 5.76 Å². The first kappa shape index (κ1) is 8.97. The summed E-state index contributed by atoms with van der Waals surface area (Å²) in [5.74, 6) is 0.151. The molecular formula is C9H12O3. The highest BCUT2D eigenvalue weighted by atomic mass is 16.5. The van der Waals surface area contributed by atoms with Gasteiger partial charge in [0.25, 0.3) is 0 Å². The average Bonchev–Trinajstić information content (AvgIpc) is 2.35. The Hall–Kier alpha value is -1.12. The molecule has 0 aromatic heterocycles. The van der Waals surface area contributed by atoms with Crippen molar-refractivity contribution in [2.45, 2.75) is 26.7 Å². The Morgan fingerprint density at radius 3 is 2.58 bits per heavy atom. The summed E-state index contributed by atoms with van der Waals surface area (Å²) in [5.41, 5.74) is 0. The lowest BCUT2D eigenvalue weighted by Gasteiger charge is -2.05. The van der Waals surface area contributed by atoms with Gasteiger partial charge in [0.2, 0.25) is 0 Å². The Morgan fingerprint density at radius 1 is 1.50 bits per heavy atom. The maximum atomic E-state index is 11.0. The molecule has 0 bridgehead atoms. The molecule has 66 valence electrons. The third-order valence-corrected chi connectivity index (χ3v) is 1.64. The molecular weight excluding hydrogens is 156 g/mol. The van der Waals surface area contributed by atoms with Crippen molar-refractivity contribution < 1.29 is 14.3 Å². The van der Waals surface area contributed by atoms with Crippen molar-refractivity contribution in [1.82, 2.24) is 0 Å². The van der Waals surface area contributed by atoms with Crippen molar-refractivity contribution in [3.8, 4) is 0 Å². The molecule has 0 radical (unpaired) electrons. The fraction of sp³-hybridized carbons (Fsp3) is 0.556. The molecule has 0 N–H and O–H groups in total. The second-order valence-corrected chi connectivity index (χ2v) is 3.15. The van der Waals surface area contributed by atoms with Crippen molar-refractivity contribution >= 4 is 11.8 Å². The Morgan fingerprint density at radius 2 is 2.17 bits per heavy atom. The molecule has 0 saturated carbocycles. The normalized spacial score (nSPS) is 16.6. The number of hydrogen-bond donors (Lipinski definition) is 0. The van der Waals surface area contributed by atoms with E-state index in [9.17, 15) is 9.59 Å². The number of ketones is 1. The predicted molar refractivity (Wildman–Crippen MR) is 43.3 cm³/mol. The second kappa shape index (κ2) is 3.52. The highest BCUT2D eigenvalue weighted by Gasteiger charge is 2.17. The largest absolute Gasteiger partial charge is 0.431 e. The van der Waals surface area contributed by atoms with Gasteiger partial charge >= 0.3 is 5.97 Å². The maximum absolute atomic E-state index is 11.0. The Bertz CT molecular complexity index is 238. The predicted octanol–water partition coefficient (Wildman–Crippen LogP) is 1.43. The fourth-order valence-electron chi connectivity index (χ4n) is 0.898. The van der Waals surface area contributed by atoms with Gasteiger partial charge in [-0.3, -0.25) is 9.59 Å². The molecule has 0 aliphatic heterocycles. The Kier molecular flexibility index (Phi) is 2.63. The molecule has 1 aliphatic carbocycles. The van der Waals surface area contributed by atoms with Crippen molar-refractivity contribution in [2.75, 3.05) is 0 Å². The van der Waals surface area contributed by atoms with E-state index in [4.69, 9.17) is 4.74 Å². The van der Waals surface area contributed by atoms with Gasteiger partial charge in [0, 0.05) is 18.9 Å². The highest BCUT2D eigenvalue weighted by Crippen LogP contribution is 2.17. The fourth-order valence-corrected chi connectivity index (χ4v) is 0.898. The zero-order valence-corrected chi connectivity index (χ0v) is 7.29. The van der Waals surface area contributed by atoms with Gasteiger partial charge in [-0.05, 0) is 0 Å². The van der Waals surface area contributed by atoms with Crippen LogP contribution in [0.5, 0.6) is 0 Å². The minimum Gasteiger partial charge on any atom is -0.431 e. The van der Waals surface area contributed by atoms with Crippen LogP contribution in [0.2, 0.25) is 0 Å². The summed E-state index contributed by atoms with van der Waals surface area (Å²) in [6, 6.07) is 0. The van der Waals surface area contributed by atoms with Crippen LogP contribution in [0, 0.1) is 5.92 Å². The smallest absolute Gasteiger partial charge is 0.313 e. The van der Waals surface area contributed by atoms with Crippen LogP contribution in [0.3, 0.4) is 0 Å². The first-order valence-corrected chi connectivity index (χ1v) is 4.04. The van der Waals surface area contributed by atoms with Gasteiger partial charge in [0.05, 0.1) is 5.92 Å². The Balaban J connectivity index is 2.47. The van der Waals surface area contributed by atoms with Crippen LogP contribution in [-0.2, 0) is 14.3 Å². The number of allylic oxidation sites excluding steroid dienone is 2.